The Hall–Kier alpha value is -3.14. The minimum absolute atomic E-state index is 0.132. The van der Waals surface area contributed by atoms with Crippen molar-refractivity contribution in [2.75, 3.05) is 14.2 Å². The molecule has 126 valence electrons. The number of hydrogen-bond donors (Lipinski definition) is 0. The first-order chi connectivity index (χ1) is 12.1. The highest BCUT2D eigenvalue weighted by Crippen LogP contribution is 2.29. The molecule has 3 rings (SSSR count). The zero-order valence-electron chi connectivity index (χ0n) is 14.4. The minimum Gasteiger partial charge on any atom is -0.497 e. The van der Waals surface area contributed by atoms with Crippen molar-refractivity contribution in [3.63, 3.8) is 0 Å². The van der Waals surface area contributed by atoms with Crippen LogP contribution in [0.4, 0.5) is 0 Å². The highest BCUT2D eigenvalue weighted by Gasteiger charge is 2.15. The Balaban J connectivity index is 1.91. The highest BCUT2D eigenvalue weighted by atomic mass is 16.5. The van der Waals surface area contributed by atoms with Crippen LogP contribution in [0, 0.1) is 6.92 Å². The maximum absolute atomic E-state index is 12.6. The van der Waals surface area contributed by atoms with Crippen LogP contribution in [0.2, 0.25) is 0 Å². The number of methoxy groups -OCH3 is 2. The fourth-order valence-corrected chi connectivity index (χ4v) is 2.74. The number of allylic oxidation sites excluding steroid dienone is 1. The molecule has 4 heteroatoms. The van der Waals surface area contributed by atoms with Gasteiger partial charge in [-0.25, -0.2) is 4.98 Å². The van der Waals surface area contributed by atoms with Gasteiger partial charge in [0.05, 0.1) is 31.0 Å². The smallest absolute Gasteiger partial charge is 0.189 e. The van der Waals surface area contributed by atoms with Gasteiger partial charge in [-0.3, -0.25) is 4.79 Å². The van der Waals surface area contributed by atoms with E-state index in [1.54, 1.807) is 26.4 Å². The molecular weight excluding hydrogens is 314 g/mol. The number of hydrogen-bond acceptors (Lipinski definition) is 4. The van der Waals surface area contributed by atoms with Crippen LogP contribution in [0.1, 0.15) is 21.6 Å². The fourth-order valence-electron chi connectivity index (χ4n) is 2.74. The van der Waals surface area contributed by atoms with Gasteiger partial charge in [-0.1, -0.05) is 24.3 Å². The van der Waals surface area contributed by atoms with Crippen molar-refractivity contribution in [1.82, 2.24) is 4.98 Å². The number of nitrogens with zero attached hydrogens (tertiary/aromatic N) is 1. The van der Waals surface area contributed by atoms with Crippen LogP contribution in [0.15, 0.2) is 54.6 Å². The first-order valence-corrected chi connectivity index (χ1v) is 7.93. The molecule has 3 aromatic rings. The molecule has 0 aliphatic rings. The normalized spacial score (nSPS) is 11.0. The van der Waals surface area contributed by atoms with Gasteiger partial charge in [0, 0.05) is 11.5 Å². The Kier molecular flexibility index (Phi) is 4.80. The van der Waals surface area contributed by atoms with Crippen LogP contribution in [0.5, 0.6) is 11.5 Å². The summed E-state index contributed by atoms with van der Waals surface area (Å²) >= 11 is 0. The molecule has 0 bridgehead atoms. The maximum atomic E-state index is 12.6. The van der Waals surface area contributed by atoms with E-state index >= 15 is 0 Å². The Labute approximate surface area is 146 Å². The van der Waals surface area contributed by atoms with Crippen LogP contribution >= 0.6 is 0 Å². The SMILES string of the molecule is COc1cc(C)c(C(=O)C=Cc2ccc3ccccc3n2)c(OC)c1. The highest BCUT2D eigenvalue weighted by molar-refractivity contribution is 6.09. The number of ether oxygens (including phenoxy) is 2. The Morgan fingerprint density at radius 1 is 1.04 bits per heavy atom. The Morgan fingerprint density at radius 3 is 2.60 bits per heavy atom. The number of para-hydroxylation sites is 1. The number of carbonyl (C=O) groups excluding carboxylic acids is 1. The van der Waals surface area contributed by atoms with Crippen molar-refractivity contribution in [3.05, 3.63) is 71.4 Å². The lowest BCUT2D eigenvalue weighted by molar-refractivity contribution is 0.104. The van der Waals surface area contributed by atoms with Crippen molar-refractivity contribution < 1.29 is 14.3 Å². The molecule has 0 unspecified atom stereocenters. The number of fused-ring (bicyclic) bond motifs is 1. The third-order valence-corrected chi connectivity index (χ3v) is 4.00. The van der Waals surface area contributed by atoms with Crippen molar-refractivity contribution in [1.29, 1.82) is 0 Å². The molecule has 0 aliphatic carbocycles. The third-order valence-electron chi connectivity index (χ3n) is 4.00. The average Bonchev–Trinajstić information content (AvgIpc) is 2.65. The van der Waals surface area contributed by atoms with Crippen LogP contribution in [-0.4, -0.2) is 25.0 Å². The molecule has 0 spiro atoms. The number of rotatable bonds is 5. The lowest BCUT2D eigenvalue weighted by Gasteiger charge is -2.11. The molecule has 0 saturated carbocycles. The summed E-state index contributed by atoms with van der Waals surface area (Å²) < 4.78 is 10.6. The summed E-state index contributed by atoms with van der Waals surface area (Å²) in [6, 6.07) is 15.3. The van der Waals surface area contributed by atoms with Gasteiger partial charge in [-0.2, -0.15) is 0 Å². The summed E-state index contributed by atoms with van der Waals surface area (Å²) in [5.74, 6) is 1.02. The largest absolute Gasteiger partial charge is 0.497 e. The van der Waals surface area contributed by atoms with Gasteiger partial charge >= 0.3 is 0 Å². The molecule has 0 fully saturated rings. The average molecular weight is 333 g/mol. The van der Waals surface area contributed by atoms with Crippen LogP contribution in [0.3, 0.4) is 0 Å². The van der Waals surface area contributed by atoms with Crippen molar-refractivity contribution in [3.8, 4) is 11.5 Å². The van der Waals surface area contributed by atoms with Crippen LogP contribution in [0.25, 0.3) is 17.0 Å². The molecule has 25 heavy (non-hydrogen) atoms. The molecule has 0 atom stereocenters. The van der Waals surface area contributed by atoms with Crippen molar-refractivity contribution in [2.45, 2.75) is 6.92 Å². The van der Waals surface area contributed by atoms with Crippen molar-refractivity contribution >= 4 is 22.8 Å². The number of aryl methyl sites for hydroxylation is 1. The van der Waals surface area contributed by atoms with E-state index in [1.165, 1.54) is 6.08 Å². The molecule has 4 nitrogen and oxygen atoms in total. The van der Waals surface area contributed by atoms with Gasteiger partial charge in [0.25, 0.3) is 0 Å². The zero-order chi connectivity index (χ0) is 17.8. The van der Waals surface area contributed by atoms with Gasteiger partial charge in [-0.05, 0) is 42.8 Å². The van der Waals surface area contributed by atoms with E-state index in [-0.39, 0.29) is 5.78 Å². The molecule has 0 aliphatic heterocycles. The number of benzene rings is 2. The Bertz CT molecular complexity index is 961. The summed E-state index contributed by atoms with van der Waals surface area (Å²) in [5, 5.41) is 1.07. The zero-order valence-corrected chi connectivity index (χ0v) is 14.4. The molecule has 2 aromatic carbocycles. The number of pyridine rings is 1. The van der Waals surface area contributed by atoms with E-state index < -0.39 is 0 Å². The molecule has 0 radical (unpaired) electrons. The monoisotopic (exact) mass is 333 g/mol. The Morgan fingerprint density at radius 2 is 1.84 bits per heavy atom. The topological polar surface area (TPSA) is 48.4 Å². The lowest BCUT2D eigenvalue weighted by Crippen LogP contribution is -2.03. The molecule has 1 aromatic heterocycles. The van der Waals surface area contributed by atoms with Crippen LogP contribution < -0.4 is 9.47 Å². The van der Waals surface area contributed by atoms with Crippen molar-refractivity contribution in [2.24, 2.45) is 0 Å². The van der Waals surface area contributed by atoms with E-state index in [0.717, 1.165) is 22.2 Å². The van der Waals surface area contributed by atoms with E-state index in [2.05, 4.69) is 4.98 Å². The number of ketones is 1. The molecule has 0 amide bonds. The molecule has 1 heterocycles. The second kappa shape index (κ2) is 7.18. The lowest BCUT2D eigenvalue weighted by atomic mass is 10.0. The summed E-state index contributed by atoms with van der Waals surface area (Å²) in [5.41, 5.74) is 2.96. The fraction of sp³-hybridized carbons (Fsp3) is 0.143. The third kappa shape index (κ3) is 3.53. The van der Waals surface area contributed by atoms with Gasteiger partial charge in [-0.15, -0.1) is 0 Å². The summed E-state index contributed by atoms with van der Waals surface area (Å²) in [6.07, 6.45) is 3.24. The molecule has 0 N–H and O–H groups in total. The second-order valence-electron chi connectivity index (χ2n) is 5.65. The predicted molar refractivity (Wildman–Crippen MR) is 99.4 cm³/mol. The second-order valence-corrected chi connectivity index (χ2v) is 5.65. The number of aromatic nitrogens is 1. The first kappa shape index (κ1) is 16.7. The van der Waals surface area contributed by atoms with E-state index in [1.807, 2.05) is 49.4 Å². The number of carbonyl (C=O) groups is 1. The molecular formula is C21H19NO3. The van der Waals surface area contributed by atoms with Gasteiger partial charge in [0.2, 0.25) is 0 Å². The summed E-state index contributed by atoms with van der Waals surface area (Å²) in [4.78, 5) is 17.2. The first-order valence-electron chi connectivity index (χ1n) is 7.93. The standard InChI is InChI=1S/C21H19NO3/c1-14-12-17(24-2)13-20(25-3)21(14)19(23)11-10-16-9-8-15-6-4-5-7-18(15)22-16/h4-13H,1-3H3. The molecule has 0 saturated heterocycles. The maximum Gasteiger partial charge on any atom is 0.189 e. The quantitative estimate of drug-likeness (QED) is 0.511. The van der Waals surface area contributed by atoms with E-state index in [4.69, 9.17) is 9.47 Å². The minimum atomic E-state index is -0.132. The summed E-state index contributed by atoms with van der Waals surface area (Å²) in [7, 11) is 3.13. The van der Waals surface area contributed by atoms with Gasteiger partial charge in [0.15, 0.2) is 5.78 Å². The van der Waals surface area contributed by atoms with E-state index in [9.17, 15) is 4.79 Å². The van der Waals surface area contributed by atoms with Gasteiger partial charge < -0.3 is 9.47 Å². The summed E-state index contributed by atoms with van der Waals surface area (Å²) in [6.45, 7) is 1.86. The van der Waals surface area contributed by atoms with E-state index in [0.29, 0.717) is 17.1 Å². The van der Waals surface area contributed by atoms with Crippen LogP contribution in [-0.2, 0) is 0 Å². The van der Waals surface area contributed by atoms with Gasteiger partial charge in [0.1, 0.15) is 11.5 Å². The predicted octanol–water partition coefficient (Wildman–Crippen LogP) is 4.46.